The number of nitrogens with zero attached hydrogens (tertiary/aromatic N) is 7. The second kappa shape index (κ2) is 13.5. The lowest BCUT2D eigenvalue weighted by atomic mass is 9.39. The van der Waals surface area contributed by atoms with Crippen LogP contribution in [0.1, 0.15) is 86.1 Å². The van der Waals surface area contributed by atoms with Crippen molar-refractivity contribution in [1.82, 2.24) is 35.3 Å². The molecule has 2 atom stereocenters. The molecule has 5 aromatic rings. The highest BCUT2D eigenvalue weighted by atomic mass is 32.1. The van der Waals surface area contributed by atoms with E-state index in [2.05, 4.69) is 46.3 Å². The van der Waals surface area contributed by atoms with E-state index >= 15 is 0 Å². The van der Waals surface area contributed by atoms with E-state index in [0.717, 1.165) is 108 Å². The highest BCUT2D eigenvalue weighted by molar-refractivity contribution is 7.22. The van der Waals surface area contributed by atoms with E-state index in [0.29, 0.717) is 29.6 Å². The number of fused-ring (bicyclic) bond motifs is 2. The molecule has 4 aromatic heterocycles. The highest BCUT2D eigenvalue weighted by Gasteiger charge is 2.66. The van der Waals surface area contributed by atoms with Crippen LogP contribution in [0.2, 0.25) is 0 Å². The van der Waals surface area contributed by atoms with E-state index in [9.17, 15) is 9.90 Å². The number of anilines is 4. The zero-order valence-corrected chi connectivity index (χ0v) is 34.0. The molecule has 0 saturated heterocycles. The van der Waals surface area contributed by atoms with E-state index in [1.54, 1.807) is 18.4 Å². The standard InChI is InChI=1S/C42H51N9O4S/c1-25-28-8-7-14-50(36(28)49-48-35(25)47-38-45-31-16-27(54-6)9-11-32(31)56-38)33-12-10-29(34(46-33)37(52)53)30-17-44-51(26(30)2)24-41-19-39(3)18-40(4,20-41)22-42(21-39,23-41)55-15-13-43-5/h9-12,16-17,43H,7-8,13-15,18-24H2,1-6H3,(H,52,53)(H,45,47,48). The van der Waals surface area contributed by atoms with Crippen LogP contribution in [-0.4, -0.2) is 80.5 Å². The van der Waals surface area contributed by atoms with Crippen molar-refractivity contribution in [2.75, 3.05) is 44.1 Å². The number of likely N-dealkylation sites (N-methyl/N-ethyl adjacent to an activating group) is 1. The number of hydrogen-bond acceptors (Lipinski definition) is 12. The molecule has 1 aromatic carbocycles. The van der Waals surface area contributed by atoms with Crippen LogP contribution in [0.15, 0.2) is 36.5 Å². The molecule has 0 radical (unpaired) electrons. The van der Waals surface area contributed by atoms with E-state index in [1.807, 2.05) is 55.4 Å². The molecule has 13 nitrogen and oxygen atoms in total. The number of pyridine rings is 1. The number of methoxy groups -OCH3 is 1. The van der Waals surface area contributed by atoms with Crippen molar-refractivity contribution < 1.29 is 19.4 Å². The van der Waals surface area contributed by atoms with Crippen molar-refractivity contribution in [2.24, 2.45) is 16.2 Å². The van der Waals surface area contributed by atoms with Crippen molar-refractivity contribution in [1.29, 1.82) is 0 Å². The van der Waals surface area contributed by atoms with E-state index in [4.69, 9.17) is 24.5 Å². The predicted molar refractivity (Wildman–Crippen MR) is 218 cm³/mol. The van der Waals surface area contributed by atoms with Crippen LogP contribution in [-0.2, 0) is 17.7 Å². The van der Waals surface area contributed by atoms with Crippen LogP contribution in [0, 0.1) is 30.1 Å². The molecule has 4 bridgehead atoms. The van der Waals surface area contributed by atoms with Crippen molar-refractivity contribution in [3.05, 3.63) is 59.0 Å². The Labute approximate surface area is 331 Å². The molecule has 1 aliphatic heterocycles. The van der Waals surface area contributed by atoms with Gasteiger partial charge in [0.15, 0.2) is 22.5 Å². The van der Waals surface area contributed by atoms with Crippen molar-refractivity contribution in [3.8, 4) is 16.9 Å². The molecule has 2 unspecified atom stereocenters. The minimum atomic E-state index is -1.08. The summed E-state index contributed by atoms with van der Waals surface area (Å²) in [6.07, 6.45) is 10.3. The van der Waals surface area contributed by atoms with Gasteiger partial charge in [0.1, 0.15) is 11.6 Å². The Morgan fingerprint density at radius 3 is 2.55 bits per heavy atom. The molecule has 0 amide bonds. The normalized spacial score (nSPS) is 26.5. The maximum atomic E-state index is 12.9. The van der Waals surface area contributed by atoms with Crippen LogP contribution >= 0.6 is 11.3 Å². The third-order valence-electron chi connectivity index (χ3n) is 12.9. The van der Waals surface area contributed by atoms with Gasteiger partial charge in [-0.05, 0) is 113 Å². The van der Waals surface area contributed by atoms with Crippen LogP contribution < -0.4 is 20.3 Å². The predicted octanol–water partition coefficient (Wildman–Crippen LogP) is 7.85. The number of carboxylic acids is 1. The summed E-state index contributed by atoms with van der Waals surface area (Å²) in [4.78, 5) is 24.4. The van der Waals surface area contributed by atoms with Gasteiger partial charge in [-0.1, -0.05) is 25.2 Å². The van der Waals surface area contributed by atoms with Gasteiger partial charge in [0, 0.05) is 53.6 Å². The molecular weight excluding hydrogens is 727 g/mol. The second-order valence-electron chi connectivity index (χ2n) is 17.7. The van der Waals surface area contributed by atoms with Crippen LogP contribution in [0.4, 0.5) is 22.6 Å². The van der Waals surface area contributed by atoms with E-state index in [-0.39, 0.29) is 27.5 Å². The maximum Gasteiger partial charge on any atom is 0.355 e. The fourth-order valence-corrected chi connectivity index (χ4v) is 12.6. The molecule has 3 N–H and O–H groups in total. The first-order valence-corrected chi connectivity index (χ1v) is 20.6. The van der Waals surface area contributed by atoms with Gasteiger partial charge in [-0.3, -0.25) is 4.68 Å². The lowest BCUT2D eigenvalue weighted by Gasteiger charge is -2.69. The van der Waals surface area contributed by atoms with Crippen LogP contribution in [0.25, 0.3) is 21.3 Å². The molecule has 14 heteroatoms. The molecule has 10 rings (SSSR count). The Kier molecular flexibility index (Phi) is 8.90. The first kappa shape index (κ1) is 36.9. The molecule has 0 spiro atoms. The number of nitrogens with one attached hydrogen (secondary N) is 2. The molecule has 56 heavy (non-hydrogen) atoms. The summed E-state index contributed by atoms with van der Waals surface area (Å²) in [7, 11) is 3.62. The quantitative estimate of drug-likeness (QED) is 0.106. The van der Waals surface area contributed by atoms with Crippen molar-refractivity contribution in [3.63, 3.8) is 0 Å². The average Bonchev–Trinajstić information content (AvgIpc) is 3.72. The number of hydrogen-bond donors (Lipinski definition) is 3. The molecule has 294 valence electrons. The highest BCUT2D eigenvalue weighted by Crippen LogP contribution is 2.72. The second-order valence-corrected chi connectivity index (χ2v) is 18.7. The van der Waals surface area contributed by atoms with Crippen molar-refractivity contribution >= 4 is 50.1 Å². The molecule has 4 aliphatic carbocycles. The number of carbonyl (C=O) groups is 1. The Balaban J connectivity index is 0.982. The molecular formula is C42H51N9O4S. The smallest absolute Gasteiger partial charge is 0.355 e. The number of aromatic carboxylic acids is 1. The Morgan fingerprint density at radius 2 is 1.80 bits per heavy atom. The van der Waals surface area contributed by atoms with E-state index < -0.39 is 5.97 Å². The lowest BCUT2D eigenvalue weighted by Crippen LogP contribution is -2.64. The number of carboxylic acid groups (broad SMARTS) is 1. The fraction of sp³-hybridized carbons (Fsp3) is 0.524. The summed E-state index contributed by atoms with van der Waals surface area (Å²) < 4.78 is 15.3. The summed E-state index contributed by atoms with van der Waals surface area (Å²) in [6.45, 7) is 12.0. The summed E-state index contributed by atoms with van der Waals surface area (Å²) >= 11 is 1.54. The average molecular weight is 778 g/mol. The molecule has 4 saturated carbocycles. The largest absolute Gasteiger partial charge is 0.497 e. The Bertz CT molecular complexity index is 2340. The number of rotatable bonds is 12. The molecule has 5 heterocycles. The number of ether oxygens (including phenoxy) is 2. The summed E-state index contributed by atoms with van der Waals surface area (Å²) in [5, 5.41) is 32.1. The topological polar surface area (TPSA) is 152 Å². The monoisotopic (exact) mass is 777 g/mol. The Hall–Kier alpha value is -4.66. The van der Waals surface area contributed by atoms with E-state index in [1.165, 1.54) is 6.42 Å². The van der Waals surface area contributed by atoms with Crippen LogP contribution in [0.5, 0.6) is 5.75 Å². The number of aromatic nitrogens is 6. The Morgan fingerprint density at radius 1 is 1.00 bits per heavy atom. The fourth-order valence-electron chi connectivity index (χ4n) is 11.8. The minimum Gasteiger partial charge on any atom is -0.497 e. The third kappa shape index (κ3) is 6.39. The SMILES string of the molecule is CNCCOC12CC3(C)CC(C)(CC(Cn4ncc(-c5ccc(N6CCCc7c6nnc(Nc6nc8cc(OC)ccc8s6)c7C)nc5C(=O)O)c4C)(C3)C1)C2. The van der Waals surface area contributed by atoms with Gasteiger partial charge in [0.25, 0.3) is 0 Å². The zero-order chi connectivity index (χ0) is 39.0. The van der Waals surface area contributed by atoms with Gasteiger partial charge in [0.2, 0.25) is 0 Å². The minimum absolute atomic E-state index is 0.000536. The van der Waals surface area contributed by atoms with Gasteiger partial charge in [-0.25, -0.2) is 14.8 Å². The summed E-state index contributed by atoms with van der Waals surface area (Å²) in [5.74, 6) is 1.55. The van der Waals surface area contributed by atoms with Gasteiger partial charge in [-0.15, -0.1) is 10.2 Å². The summed E-state index contributed by atoms with van der Waals surface area (Å²) in [6, 6.07) is 9.62. The lowest BCUT2D eigenvalue weighted by molar-refractivity contribution is -0.247. The molecule has 5 aliphatic rings. The van der Waals surface area contributed by atoms with Gasteiger partial charge in [0.05, 0.1) is 35.7 Å². The maximum absolute atomic E-state index is 12.9. The van der Waals surface area contributed by atoms with Crippen LogP contribution in [0.3, 0.4) is 0 Å². The molecule has 4 fully saturated rings. The van der Waals surface area contributed by atoms with Gasteiger partial charge in [-0.2, -0.15) is 5.10 Å². The number of thiazole rings is 1. The zero-order valence-electron chi connectivity index (χ0n) is 33.2. The number of benzene rings is 1. The first-order chi connectivity index (χ1) is 26.8. The van der Waals surface area contributed by atoms with Gasteiger partial charge < -0.3 is 30.1 Å². The third-order valence-corrected chi connectivity index (χ3v) is 13.8. The van der Waals surface area contributed by atoms with Gasteiger partial charge >= 0.3 is 5.97 Å². The summed E-state index contributed by atoms with van der Waals surface area (Å²) in [5.41, 5.74) is 5.64. The van der Waals surface area contributed by atoms with Crippen molar-refractivity contribution in [2.45, 2.75) is 91.2 Å². The first-order valence-electron chi connectivity index (χ1n) is 19.7.